The van der Waals surface area contributed by atoms with Crippen LogP contribution in [0.15, 0.2) is 36.4 Å². The number of amides is 1. The molecule has 0 unspecified atom stereocenters. The highest BCUT2D eigenvalue weighted by Crippen LogP contribution is 2.15. The molecule has 0 radical (unpaired) electrons. The van der Waals surface area contributed by atoms with Crippen molar-refractivity contribution in [3.8, 4) is 0 Å². The summed E-state index contributed by atoms with van der Waals surface area (Å²) in [6, 6.07) is 10.2. The lowest BCUT2D eigenvalue weighted by atomic mass is 10.2. The Bertz CT molecular complexity index is 729. The monoisotopic (exact) mass is 356 g/mol. The molecule has 2 aromatic rings. The quantitative estimate of drug-likeness (QED) is 0.731. The standard InChI is InChI=1S/C19H24N4O3/c1-4-6-13-23(3)18(24)16-11-12-17(22-21-16)20-15-9-7-14(8-10-15)19(25)26-5-2/h7-12H,4-6,13H2,1-3H3,(H,20,22). The molecule has 0 atom stereocenters. The van der Waals surface area contributed by atoms with Crippen LogP contribution < -0.4 is 5.32 Å². The molecule has 1 N–H and O–H groups in total. The third kappa shape index (κ3) is 5.27. The van der Waals surface area contributed by atoms with Crippen LogP contribution in [0.3, 0.4) is 0 Å². The zero-order valence-electron chi connectivity index (χ0n) is 15.4. The summed E-state index contributed by atoms with van der Waals surface area (Å²) in [6.45, 7) is 4.89. The van der Waals surface area contributed by atoms with Gasteiger partial charge in [-0.15, -0.1) is 10.2 Å². The van der Waals surface area contributed by atoms with Gasteiger partial charge in [-0.05, 0) is 49.7 Å². The summed E-state index contributed by atoms with van der Waals surface area (Å²) < 4.78 is 4.95. The predicted octanol–water partition coefficient (Wildman–Crippen LogP) is 3.27. The largest absolute Gasteiger partial charge is 0.462 e. The molecule has 2 rings (SSSR count). The van der Waals surface area contributed by atoms with Crippen LogP contribution in [0.5, 0.6) is 0 Å². The van der Waals surface area contributed by atoms with Gasteiger partial charge in [-0.2, -0.15) is 0 Å². The number of hydrogen-bond donors (Lipinski definition) is 1. The minimum absolute atomic E-state index is 0.142. The summed E-state index contributed by atoms with van der Waals surface area (Å²) in [5, 5.41) is 11.1. The van der Waals surface area contributed by atoms with Crippen molar-refractivity contribution in [1.29, 1.82) is 0 Å². The smallest absolute Gasteiger partial charge is 0.338 e. The van der Waals surface area contributed by atoms with Gasteiger partial charge < -0.3 is 15.0 Å². The Kier molecular flexibility index (Phi) is 7.08. The summed E-state index contributed by atoms with van der Waals surface area (Å²) in [7, 11) is 1.76. The summed E-state index contributed by atoms with van der Waals surface area (Å²) in [4.78, 5) is 25.5. The second kappa shape index (κ2) is 9.50. The second-order valence-electron chi connectivity index (χ2n) is 5.81. The first kappa shape index (κ1) is 19.4. The van der Waals surface area contributed by atoms with E-state index in [4.69, 9.17) is 4.74 Å². The molecule has 0 aliphatic heterocycles. The Morgan fingerprint density at radius 2 is 1.81 bits per heavy atom. The number of nitrogens with one attached hydrogen (secondary N) is 1. The minimum atomic E-state index is -0.353. The normalized spacial score (nSPS) is 10.3. The average Bonchev–Trinajstić information content (AvgIpc) is 2.67. The summed E-state index contributed by atoms with van der Waals surface area (Å²) in [5.74, 6) is 0.0202. The van der Waals surface area contributed by atoms with Gasteiger partial charge in [-0.1, -0.05) is 13.3 Å². The Hall–Kier alpha value is -2.96. The zero-order chi connectivity index (χ0) is 18.9. The molecular formula is C19H24N4O3. The van der Waals surface area contributed by atoms with Crippen LogP contribution in [0.1, 0.15) is 47.5 Å². The van der Waals surface area contributed by atoms with Gasteiger partial charge in [-0.25, -0.2) is 4.79 Å². The van der Waals surface area contributed by atoms with Crippen LogP contribution in [0.2, 0.25) is 0 Å². The summed E-state index contributed by atoms with van der Waals surface area (Å²) in [5.41, 5.74) is 1.55. The fourth-order valence-electron chi connectivity index (χ4n) is 2.26. The van der Waals surface area contributed by atoms with Crippen LogP contribution in [-0.2, 0) is 4.74 Å². The van der Waals surface area contributed by atoms with Gasteiger partial charge in [0.25, 0.3) is 5.91 Å². The number of esters is 1. The molecule has 7 nitrogen and oxygen atoms in total. The zero-order valence-corrected chi connectivity index (χ0v) is 15.4. The molecule has 0 aliphatic carbocycles. The van der Waals surface area contributed by atoms with E-state index in [2.05, 4.69) is 22.4 Å². The first-order valence-electron chi connectivity index (χ1n) is 8.68. The molecule has 138 valence electrons. The van der Waals surface area contributed by atoms with Crippen molar-refractivity contribution in [2.75, 3.05) is 25.5 Å². The van der Waals surface area contributed by atoms with E-state index < -0.39 is 0 Å². The van der Waals surface area contributed by atoms with E-state index >= 15 is 0 Å². The van der Waals surface area contributed by atoms with Gasteiger partial charge in [-0.3, -0.25) is 4.79 Å². The summed E-state index contributed by atoms with van der Waals surface area (Å²) >= 11 is 0. The van der Waals surface area contributed by atoms with E-state index in [1.807, 2.05) is 0 Å². The molecule has 0 aliphatic rings. The molecular weight excluding hydrogens is 332 g/mol. The Labute approximate surface area is 153 Å². The highest BCUT2D eigenvalue weighted by molar-refractivity contribution is 5.92. The first-order chi connectivity index (χ1) is 12.5. The molecule has 1 amide bonds. The highest BCUT2D eigenvalue weighted by Gasteiger charge is 2.13. The van der Waals surface area contributed by atoms with E-state index in [9.17, 15) is 9.59 Å². The maximum absolute atomic E-state index is 12.2. The maximum Gasteiger partial charge on any atom is 0.338 e. The minimum Gasteiger partial charge on any atom is -0.462 e. The maximum atomic E-state index is 12.2. The SMILES string of the molecule is CCCCN(C)C(=O)c1ccc(Nc2ccc(C(=O)OCC)cc2)nn1. The molecule has 1 heterocycles. The predicted molar refractivity (Wildman–Crippen MR) is 99.6 cm³/mol. The number of rotatable bonds is 8. The van der Waals surface area contributed by atoms with Gasteiger partial charge in [0.05, 0.1) is 12.2 Å². The number of hydrogen-bond acceptors (Lipinski definition) is 6. The van der Waals surface area contributed by atoms with Gasteiger partial charge in [0.2, 0.25) is 0 Å². The second-order valence-corrected chi connectivity index (χ2v) is 5.81. The van der Waals surface area contributed by atoms with Crippen molar-refractivity contribution in [2.24, 2.45) is 0 Å². The van der Waals surface area contributed by atoms with Gasteiger partial charge >= 0.3 is 5.97 Å². The van der Waals surface area contributed by atoms with Crippen molar-refractivity contribution >= 4 is 23.4 Å². The Morgan fingerprint density at radius 3 is 2.38 bits per heavy atom. The number of carbonyl (C=O) groups is 2. The van der Waals surface area contributed by atoms with Crippen molar-refractivity contribution < 1.29 is 14.3 Å². The number of benzene rings is 1. The van der Waals surface area contributed by atoms with Gasteiger partial charge in [0.1, 0.15) is 0 Å². The van der Waals surface area contributed by atoms with E-state index in [1.165, 1.54) is 0 Å². The molecule has 1 aromatic heterocycles. The molecule has 0 saturated carbocycles. The Morgan fingerprint density at radius 1 is 1.08 bits per heavy atom. The number of aromatic nitrogens is 2. The van der Waals surface area contributed by atoms with E-state index in [0.717, 1.165) is 18.5 Å². The van der Waals surface area contributed by atoms with Crippen LogP contribution in [0.25, 0.3) is 0 Å². The van der Waals surface area contributed by atoms with Gasteiger partial charge in [0.15, 0.2) is 11.5 Å². The summed E-state index contributed by atoms with van der Waals surface area (Å²) in [6.07, 6.45) is 1.98. The lowest BCUT2D eigenvalue weighted by Gasteiger charge is -2.15. The lowest BCUT2D eigenvalue weighted by Crippen LogP contribution is -2.28. The van der Waals surface area contributed by atoms with Crippen molar-refractivity contribution in [3.63, 3.8) is 0 Å². The fraction of sp³-hybridized carbons (Fsp3) is 0.368. The number of unbranched alkanes of at least 4 members (excludes halogenated alkanes) is 1. The average molecular weight is 356 g/mol. The highest BCUT2D eigenvalue weighted by atomic mass is 16.5. The number of carbonyl (C=O) groups excluding carboxylic acids is 2. The van der Waals surface area contributed by atoms with Crippen LogP contribution in [0.4, 0.5) is 11.5 Å². The van der Waals surface area contributed by atoms with Crippen LogP contribution in [0, 0.1) is 0 Å². The van der Waals surface area contributed by atoms with Crippen LogP contribution in [-0.4, -0.2) is 47.2 Å². The van der Waals surface area contributed by atoms with Crippen molar-refractivity contribution in [3.05, 3.63) is 47.7 Å². The van der Waals surface area contributed by atoms with E-state index in [-0.39, 0.29) is 11.9 Å². The van der Waals surface area contributed by atoms with Crippen LogP contribution >= 0.6 is 0 Å². The van der Waals surface area contributed by atoms with Gasteiger partial charge in [0, 0.05) is 19.3 Å². The lowest BCUT2D eigenvalue weighted by molar-refractivity contribution is 0.0526. The fourth-order valence-corrected chi connectivity index (χ4v) is 2.26. The molecule has 0 spiro atoms. The number of anilines is 2. The molecule has 0 fully saturated rings. The first-order valence-corrected chi connectivity index (χ1v) is 8.68. The number of nitrogens with zero attached hydrogens (tertiary/aromatic N) is 3. The van der Waals surface area contributed by atoms with E-state index in [1.54, 1.807) is 55.3 Å². The third-order valence-electron chi connectivity index (χ3n) is 3.75. The molecule has 0 bridgehead atoms. The molecule has 0 saturated heterocycles. The molecule has 26 heavy (non-hydrogen) atoms. The van der Waals surface area contributed by atoms with Crippen molar-refractivity contribution in [2.45, 2.75) is 26.7 Å². The topological polar surface area (TPSA) is 84.4 Å². The Balaban J connectivity index is 1.98. The van der Waals surface area contributed by atoms with E-state index in [0.29, 0.717) is 30.2 Å². The van der Waals surface area contributed by atoms with Crippen molar-refractivity contribution in [1.82, 2.24) is 15.1 Å². The molecule has 7 heteroatoms. The molecule has 1 aromatic carbocycles. The third-order valence-corrected chi connectivity index (χ3v) is 3.75. The number of ether oxygens (including phenoxy) is 1.